The number of aromatic nitrogens is 2. The van der Waals surface area contributed by atoms with Crippen molar-refractivity contribution >= 4 is 11.6 Å². The summed E-state index contributed by atoms with van der Waals surface area (Å²) in [6.45, 7) is 3.93. The number of hydrogen-bond acceptors (Lipinski definition) is 2. The number of carbonyl (C=O) groups is 1. The van der Waals surface area contributed by atoms with E-state index >= 15 is 0 Å². The second-order valence-electron chi connectivity index (χ2n) is 4.84. The number of hydrogen-bond donors (Lipinski definition) is 1. The van der Waals surface area contributed by atoms with E-state index in [1.807, 2.05) is 60.7 Å². The maximum absolute atomic E-state index is 11.5. The fourth-order valence-electron chi connectivity index (χ4n) is 2.46. The Morgan fingerprint density at radius 3 is 2.60 bits per heavy atom. The van der Waals surface area contributed by atoms with Crippen molar-refractivity contribution in [2.24, 2.45) is 0 Å². The molecule has 0 amide bonds. The van der Waals surface area contributed by atoms with E-state index in [1.165, 1.54) is 0 Å². The smallest absolute Gasteiger partial charge is 0.356 e. The number of imidazole rings is 1. The highest BCUT2D eigenvalue weighted by molar-refractivity contribution is 5.94. The Kier molecular flexibility index (Phi) is 2.79. The van der Waals surface area contributed by atoms with Gasteiger partial charge in [0.2, 0.25) is 0 Å². The number of benzene rings is 1. The van der Waals surface area contributed by atoms with Crippen LogP contribution in [0.25, 0.3) is 16.9 Å². The van der Waals surface area contributed by atoms with Crippen LogP contribution in [-0.2, 0) is 0 Å². The van der Waals surface area contributed by atoms with Crippen LogP contribution in [0.15, 0.2) is 42.5 Å². The van der Waals surface area contributed by atoms with Crippen molar-refractivity contribution in [3.05, 3.63) is 59.4 Å². The third-order valence-corrected chi connectivity index (χ3v) is 3.33. The van der Waals surface area contributed by atoms with Crippen molar-refractivity contribution in [3.63, 3.8) is 0 Å². The van der Waals surface area contributed by atoms with Gasteiger partial charge < -0.3 is 5.11 Å². The van der Waals surface area contributed by atoms with Crippen LogP contribution in [0.5, 0.6) is 0 Å². The number of fused-ring (bicyclic) bond motifs is 1. The first-order chi connectivity index (χ1) is 9.58. The average molecular weight is 266 g/mol. The van der Waals surface area contributed by atoms with Gasteiger partial charge in [-0.25, -0.2) is 9.78 Å². The van der Waals surface area contributed by atoms with Crippen LogP contribution < -0.4 is 0 Å². The minimum Gasteiger partial charge on any atom is -0.476 e. The van der Waals surface area contributed by atoms with Gasteiger partial charge in [-0.1, -0.05) is 29.8 Å². The minimum atomic E-state index is -1.01. The molecule has 0 aliphatic carbocycles. The molecular formula is C16H14N2O2. The highest BCUT2D eigenvalue weighted by Gasteiger charge is 2.20. The highest BCUT2D eigenvalue weighted by atomic mass is 16.4. The number of rotatable bonds is 2. The third-order valence-electron chi connectivity index (χ3n) is 3.33. The van der Waals surface area contributed by atoms with Crippen LogP contribution in [0.3, 0.4) is 0 Å². The lowest BCUT2D eigenvalue weighted by Crippen LogP contribution is -2.01. The van der Waals surface area contributed by atoms with Crippen molar-refractivity contribution < 1.29 is 9.90 Å². The molecule has 0 saturated heterocycles. The molecule has 1 N–H and O–H groups in total. The Labute approximate surface area is 116 Å². The van der Waals surface area contributed by atoms with Gasteiger partial charge in [-0.2, -0.15) is 0 Å². The molecule has 0 spiro atoms. The SMILES string of the molecule is Cc1cccc(-c2c(C(=O)O)nc3cccc(C)n23)c1. The molecule has 1 aromatic carbocycles. The number of aromatic carboxylic acids is 1. The fraction of sp³-hybridized carbons (Fsp3) is 0.125. The first-order valence-corrected chi connectivity index (χ1v) is 6.36. The van der Waals surface area contributed by atoms with E-state index in [0.29, 0.717) is 11.3 Å². The Morgan fingerprint density at radius 1 is 1.15 bits per heavy atom. The molecule has 0 fully saturated rings. The van der Waals surface area contributed by atoms with Crippen molar-refractivity contribution in [1.29, 1.82) is 0 Å². The molecule has 0 saturated carbocycles. The molecule has 3 aromatic rings. The van der Waals surface area contributed by atoms with Crippen molar-refractivity contribution in [2.45, 2.75) is 13.8 Å². The van der Waals surface area contributed by atoms with Crippen LogP contribution in [0, 0.1) is 13.8 Å². The standard InChI is InChI=1S/C16H14N2O2/c1-10-5-3-7-12(9-10)15-14(16(19)20)17-13-8-4-6-11(2)18(13)15/h3-9H,1-2H3,(H,19,20). The highest BCUT2D eigenvalue weighted by Crippen LogP contribution is 2.27. The lowest BCUT2D eigenvalue weighted by atomic mass is 10.1. The minimum absolute atomic E-state index is 0.0879. The number of aryl methyl sites for hydroxylation is 2. The van der Waals surface area contributed by atoms with Crippen LogP contribution in [0.4, 0.5) is 0 Å². The topological polar surface area (TPSA) is 54.6 Å². The number of carboxylic acids is 1. The molecule has 4 heteroatoms. The van der Waals surface area contributed by atoms with Crippen LogP contribution in [0.2, 0.25) is 0 Å². The molecule has 0 bridgehead atoms. The van der Waals surface area contributed by atoms with Gasteiger partial charge in [0.1, 0.15) is 5.65 Å². The second-order valence-corrected chi connectivity index (χ2v) is 4.84. The second kappa shape index (κ2) is 4.49. The van der Waals surface area contributed by atoms with E-state index in [2.05, 4.69) is 4.98 Å². The predicted octanol–water partition coefficient (Wildman–Crippen LogP) is 3.32. The lowest BCUT2D eigenvalue weighted by Gasteiger charge is -2.07. The molecule has 3 rings (SSSR count). The van der Waals surface area contributed by atoms with Gasteiger partial charge in [-0.15, -0.1) is 0 Å². The summed E-state index contributed by atoms with van der Waals surface area (Å²) >= 11 is 0. The molecule has 0 radical (unpaired) electrons. The van der Waals surface area contributed by atoms with E-state index in [1.54, 1.807) is 0 Å². The summed E-state index contributed by atoms with van der Waals surface area (Å²) in [6.07, 6.45) is 0. The summed E-state index contributed by atoms with van der Waals surface area (Å²) in [6, 6.07) is 13.4. The zero-order valence-corrected chi connectivity index (χ0v) is 11.3. The van der Waals surface area contributed by atoms with Crippen molar-refractivity contribution in [3.8, 4) is 11.3 Å². The molecule has 0 aliphatic rings. The Morgan fingerprint density at radius 2 is 1.90 bits per heavy atom. The van der Waals surface area contributed by atoms with Gasteiger partial charge in [-0.05, 0) is 32.0 Å². The third kappa shape index (κ3) is 1.86. The summed E-state index contributed by atoms with van der Waals surface area (Å²) in [5.74, 6) is -1.01. The largest absolute Gasteiger partial charge is 0.476 e. The van der Waals surface area contributed by atoms with Gasteiger partial charge in [0.05, 0.1) is 5.69 Å². The number of pyridine rings is 1. The molecule has 2 heterocycles. The molecular weight excluding hydrogens is 252 g/mol. The van der Waals surface area contributed by atoms with Gasteiger partial charge in [0, 0.05) is 11.3 Å². The molecule has 0 aliphatic heterocycles. The number of nitrogens with zero attached hydrogens (tertiary/aromatic N) is 2. The van der Waals surface area contributed by atoms with Crippen molar-refractivity contribution in [1.82, 2.24) is 9.38 Å². The van der Waals surface area contributed by atoms with Crippen molar-refractivity contribution in [2.75, 3.05) is 0 Å². The van der Waals surface area contributed by atoms with Crippen LogP contribution >= 0.6 is 0 Å². The zero-order valence-electron chi connectivity index (χ0n) is 11.3. The summed E-state index contributed by atoms with van der Waals surface area (Å²) in [5, 5.41) is 9.41. The van der Waals surface area contributed by atoms with E-state index in [4.69, 9.17) is 0 Å². The van der Waals surface area contributed by atoms with E-state index in [9.17, 15) is 9.90 Å². The fourth-order valence-corrected chi connectivity index (χ4v) is 2.46. The quantitative estimate of drug-likeness (QED) is 0.774. The maximum Gasteiger partial charge on any atom is 0.356 e. The average Bonchev–Trinajstić information content (AvgIpc) is 2.80. The molecule has 4 nitrogen and oxygen atoms in total. The maximum atomic E-state index is 11.5. The lowest BCUT2D eigenvalue weighted by molar-refractivity contribution is 0.0692. The van der Waals surface area contributed by atoms with E-state index in [0.717, 1.165) is 16.8 Å². The van der Waals surface area contributed by atoms with Crippen LogP contribution in [0.1, 0.15) is 21.7 Å². The Balaban J connectivity index is 2.43. The number of carboxylic acid groups (broad SMARTS) is 1. The Bertz CT molecular complexity index is 818. The molecule has 0 atom stereocenters. The van der Waals surface area contributed by atoms with E-state index in [-0.39, 0.29) is 5.69 Å². The molecule has 20 heavy (non-hydrogen) atoms. The van der Waals surface area contributed by atoms with Gasteiger partial charge >= 0.3 is 5.97 Å². The summed E-state index contributed by atoms with van der Waals surface area (Å²) in [4.78, 5) is 15.7. The van der Waals surface area contributed by atoms with Crippen LogP contribution in [-0.4, -0.2) is 20.5 Å². The van der Waals surface area contributed by atoms with Gasteiger partial charge in [0.25, 0.3) is 0 Å². The molecule has 100 valence electrons. The van der Waals surface area contributed by atoms with Gasteiger partial charge in [0.15, 0.2) is 5.69 Å². The first kappa shape index (κ1) is 12.4. The zero-order chi connectivity index (χ0) is 14.3. The molecule has 2 aromatic heterocycles. The monoisotopic (exact) mass is 266 g/mol. The summed E-state index contributed by atoms with van der Waals surface area (Å²) < 4.78 is 1.89. The predicted molar refractivity (Wildman–Crippen MR) is 77.1 cm³/mol. The van der Waals surface area contributed by atoms with Gasteiger partial charge in [-0.3, -0.25) is 4.40 Å². The first-order valence-electron chi connectivity index (χ1n) is 6.36. The molecule has 0 unspecified atom stereocenters. The normalized spacial score (nSPS) is 10.9. The summed E-state index contributed by atoms with van der Waals surface area (Å²) in [7, 11) is 0. The van der Waals surface area contributed by atoms with E-state index < -0.39 is 5.97 Å². The summed E-state index contributed by atoms with van der Waals surface area (Å²) in [5.41, 5.74) is 4.28. The Hall–Kier alpha value is -2.62.